The number of amides is 1. The highest BCUT2D eigenvalue weighted by atomic mass is 32.2. The van der Waals surface area contributed by atoms with Gasteiger partial charge in [0.2, 0.25) is 12.4 Å². The van der Waals surface area contributed by atoms with Crippen LogP contribution in [0.5, 0.6) is 11.5 Å². The third kappa shape index (κ3) is 5.22. The molecule has 202 valence electrons. The molecule has 0 spiro atoms. The van der Waals surface area contributed by atoms with Gasteiger partial charge in [0.25, 0.3) is 0 Å². The summed E-state index contributed by atoms with van der Waals surface area (Å²) in [5.74, 6) is 1.45. The molecule has 1 aromatic heterocycles. The summed E-state index contributed by atoms with van der Waals surface area (Å²) < 4.78 is 36.7. The van der Waals surface area contributed by atoms with E-state index in [1.807, 2.05) is 24.3 Å². The number of H-pyrrole nitrogens is 1. The highest BCUT2D eigenvalue weighted by Crippen LogP contribution is 2.31. The molecule has 2 fully saturated rings. The minimum Gasteiger partial charge on any atom is -0.497 e. The van der Waals surface area contributed by atoms with E-state index in [1.54, 1.807) is 42.3 Å². The van der Waals surface area contributed by atoms with Crippen LogP contribution in [0.3, 0.4) is 0 Å². The molecular weight excluding hydrogens is 518 g/mol. The van der Waals surface area contributed by atoms with Crippen molar-refractivity contribution in [2.75, 3.05) is 48.0 Å². The quantitative estimate of drug-likeness (QED) is 0.249. The van der Waals surface area contributed by atoms with Crippen LogP contribution in [0.2, 0.25) is 0 Å². The molecule has 1 saturated heterocycles. The van der Waals surface area contributed by atoms with E-state index in [1.165, 1.54) is 0 Å². The van der Waals surface area contributed by atoms with E-state index in [0.29, 0.717) is 17.0 Å². The van der Waals surface area contributed by atoms with Gasteiger partial charge in [-0.25, -0.2) is 4.98 Å². The highest BCUT2D eigenvalue weighted by Gasteiger charge is 2.31. The number of hydrogen-bond donors (Lipinski definition) is 1. The maximum Gasteiger partial charge on any atom is 0.339 e. The average molecular weight is 548 g/mol. The van der Waals surface area contributed by atoms with Gasteiger partial charge in [-0.15, -0.1) is 0 Å². The molecule has 1 amide bonds. The molecular formula is C28H29N5O5S. The summed E-state index contributed by atoms with van der Waals surface area (Å²) >= 11 is 0. The van der Waals surface area contributed by atoms with Crippen LogP contribution in [0.4, 0.5) is 17.3 Å². The van der Waals surface area contributed by atoms with Crippen LogP contribution in [-0.2, 0) is 14.9 Å². The topological polar surface area (TPSA) is 108 Å². The Morgan fingerprint density at radius 3 is 2.05 bits per heavy atom. The fraction of sp³-hybridized carbons (Fsp3) is 0.286. The third-order valence-corrected chi connectivity index (χ3v) is 8.41. The molecule has 0 bridgehead atoms. The smallest absolute Gasteiger partial charge is 0.339 e. The third-order valence-electron chi connectivity index (χ3n) is 7.15. The number of carbonyl (C=O) groups is 1. The van der Waals surface area contributed by atoms with Crippen LogP contribution in [0.15, 0.2) is 71.6 Å². The number of piperazine rings is 1. The van der Waals surface area contributed by atoms with Crippen molar-refractivity contribution in [3.05, 3.63) is 66.7 Å². The van der Waals surface area contributed by atoms with Crippen molar-refractivity contribution in [2.45, 2.75) is 23.8 Å². The van der Waals surface area contributed by atoms with E-state index in [2.05, 4.69) is 31.9 Å². The van der Waals surface area contributed by atoms with Gasteiger partial charge in [-0.05, 0) is 73.5 Å². The fourth-order valence-corrected chi connectivity index (χ4v) is 5.75. The molecule has 0 unspecified atom stereocenters. The number of anilines is 3. The summed E-state index contributed by atoms with van der Waals surface area (Å²) in [4.78, 5) is 25.2. The standard InChI is InChI=1S/C28H29N5O5S/c1-37-23-8-4-20(5-9-23)31-14-16-32(17-15-31)21-6-11-25(12-7-21)39(35,36)38-24-10-13-26-27(18-24)30-28(29-26)33(19-34)22-2-3-22/h4-13,18-19,22H,2-3,14-17H2,1H3,(H,29,30). The SMILES string of the molecule is COc1ccc(N2CCN(c3ccc(S(=O)(=O)Oc4ccc5nc(N(C=O)C6CC6)[nH]c5c4)cc3)CC2)cc1. The zero-order valence-electron chi connectivity index (χ0n) is 21.5. The molecule has 4 aromatic rings. The van der Waals surface area contributed by atoms with Gasteiger partial charge >= 0.3 is 10.1 Å². The van der Waals surface area contributed by atoms with Crippen molar-refractivity contribution in [1.82, 2.24) is 9.97 Å². The minimum atomic E-state index is -4.04. The maximum atomic E-state index is 13.0. The van der Waals surface area contributed by atoms with Gasteiger partial charge in [-0.1, -0.05) is 0 Å². The Bertz CT molecular complexity index is 1580. The van der Waals surface area contributed by atoms with Crippen molar-refractivity contribution in [3.8, 4) is 11.5 Å². The zero-order chi connectivity index (χ0) is 27.0. The predicted octanol–water partition coefficient (Wildman–Crippen LogP) is 3.79. The summed E-state index contributed by atoms with van der Waals surface area (Å²) in [6.07, 6.45) is 2.66. The number of nitrogens with zero attached hydrogens (tertiary/aromatic N) is 4. The monoisotopic (exact) mass is 547 g/mol. The first-order chi connectivity index (χ1) is 18.9. The normalized spacial score (nSPS) is 15.8. The number of aromatic nitrogens is 2. The van der Waals surface area contributed by atoms with Gasteiger partial charge in [0.05, 0.1) is 18.1 Å². The molecule has 2 aliphatic rings. The van der Waals surface area contributed by atoms with Gasteiger partial charge in [0.15, 0.2) is 0 Å². The lowest BCUT2D eigenvalue weighted by molar-refractivity contribution is -0.107. The van der Waals surface area contributed by atoms with Crippen molar-refractivity contribution in [1.29, 1.82) is 0 Å². The van der Waals surface area contributed by atoms with Crippen LogP contribution in [0.25, 0.3) is 11.0 Å². The number of benzene rings is 3. The van der Waals surface area contributed by atoms with Crippen LogP contribution in [0.1, 0.15) is 12.8 Å². The molecule has 3 aromatic carbocycles. The van der Waals surface area contributed by atoms with Gasteiger partial charge in [-0.2, -0.15) is 8.42 Å². The first-order valence-electron chi connectivity index (χ1n) is 12.9. The van der Waals surface area contributed by atoms with E-state index >= 15 is 0 Å². The molecule has 1 aliphatic carbocycles. The average Bonchev–Trinajstić information content (AvgIpc) is 3.71. The van der Waals surface area contributed by atoms with Crippen LogP contribution >= 0.6 is 0 Å². The Balaban J connectivity index is 1.10. The predicted molar refractivity (Wildman–Crippen MR) is 149 cm³/mol. The second-order valence-corrected chi connectivity index (χ2v) is 11.2. The lowest BCUT2D eigenvalue weighted by Gasteiger charge is -2.37. The van der Waals surface area contributed by atoms with E-state index in [0.717, 1.165) is 62.6 Å². The fourth-order valence-electron chi connectivity index (χ4n) is 4.83. The minimum absolute atomic E-state index is 0.0781. The largest absolute Gasteiger partial charge is 0.497 e. The van der Waals surface area contributed by atoms with Crippen molar-refractivity contribution in [2.24, 2.45) is 0 Å². The highest BCUT2D eigenvalue weighted by molar-refractivity contribution is 7.87. The number of rotatable bonds is 9. The summed E-state index contributed by atoms with van der Waals surface area (Å²) in [5.41, 5.74) is 3.33. The van der Waals surface area contributed by atoms with E-state index < -0.39 is 10.1 Å². The number of fused-ring (bicyclic) bond motifs is 1. The molecule has 6 rings (SSSR count). The molecule has 39 heavy (non-hydrogen) atoms. The van der Waals surface area contributed by atoms with Gasteiger partial charge in [0.1, 0.15) is 16.4 Å². The number of aromatic amines is 1. The van der Waals surface area contributed by atoms with E-state index in [-0.39, 0.29) is 16.7 Å². The Morgan fingerprint density at radius 1 is 0.897 bits per heavy atom. The Morgan fingerprint density at radius 2 is 1.49 bits per heavy atom. The first kappa shape index (κ1) is 25.1. The summed E-state index contributed by atoms with van der Waals surface area (Å²) in [6, 6.07) is 19.8. The Labute approximate surface area is 226 Å². The summed E-state index contributed by atoms with van der Waals surface area (Å²) in [6.45, 7) is 3.36. The van der Waals surface area contributed by atoms with Gasteiger partial charge in [0, 0.05) is 49.7 Å². The van der Waals surface area contributed by atoms with E-state index in [4.69, 9.17) is 8.92 Å². The molecule has 0 radical (unpaired) electrons. The van der Waals surface area contributed by atoms with Crippen LogP contribution < -0.4 is 23.6 Å². The maximum absolute atomic E-state index is 13.0. The Hall–Kier alpha value is -4.25. The number of ether oxygens (including phenoxy) is 1. The number of methoxy groups -OCH3 is 1. The van der Waals surface area contributed by atoms with Crippen LogP contribution in [0, 0.1) is 0 Å². The summed E-state index contributed by atoms with van der Waals surface area (Å²) in [7, 11) is -2.38. The molecule has 1 N–H and O–H groups in total. The van der Waals surface area contributed by atoms with Crippen molar-refractivity contribution in [3.63, 3.8) is 0 Å². The second-order valence-electron chi connectivity index (χ2n) is 9.69. The molecule has 0 atom stereocenters. The number of nitrogens with one attached hydrogen (secondary N) is 1. The number of hydrogen-bond acceptors (Lipinski definition) is 8. The van der Waals surface area contributed by atoms with Crippen LogP contribution in [-0.4, -0.2) is 64.1 Å². The van der Waals surface area contributed by atoms with E-state index in [9.17, 15) is 13.2 Å². The second kappa shape index (κ2) is 10.1. The zero-order valence-corrected chi connectivity index (χ0v) is 22.3. The summed E-state index contributed by atoms with van der Waals surface area (Å²) in [5, 5.41) is 0. The molecule has 1 saturated carbocycles. The molecule has 10 nitrogen and oxygen atoms in total. The van der Waals surface area contributed by atoms with Crippen molar-refractivity contribution >= 4 is 44.9 Å². The lowest BCUT2D eigenvalue weighted by atomic mass is 10.2. The Kier molecular flexibility index (Phi) is 6.51. The van der Waals surface area contributed by atoms with Gasteiger partial charge < -0.3 is 23.7 Å². The molecule has 11 heteroatoms. The molecule has 1 aliphatic heterocycles. The number of carbonyl (C=O) groups excluding carboxylic acids is 1. The number of imidazole rings is 1. The first-order valence-corrected chi connectivity index (χ1v) is 14.3. The van der Waals surface area contributed by atoms with Crippen molar-refractivity contribution < 1.29 is 22.1 Å². The molecule has 2 heterocycles. The van der Waals surface area contributed by atoms with Gasteiger partial charge in [-0.3, -0.25) is 9.69 Å². The lowest BCUT2D eigenvalue weighted by Crippen LogP contribution is -2.46.